The third-order valence-electron chi connectivity index (χ3n) is 1.91. The molecule has 0 aliphatic carbocycles. The molecule has 0 bridgehead atoms. The Bertz CT molecular complexity index is 309. The molecular formula is C10H14N2O. The Balaban J connectivity index is 3.01. The summed E-state index contributed by atoms with van der Waals surface area (Å²) in [6.45, 7) is 3.82. The smallest absolute Gasteiger partial charge is 0.248 e. The summed E-state index contributed by atoms with van der Waals surface area (Å²) in [7, 11) is 0. The van der Waals surface area contributed by atoms with Crippen molar-refractivity contribution in [3.8, 4) is 0 Å². The molecule has 0 aromatic heterocycles. The first-order chi connectivity index (χ1) is 5.91. The monoisotopic (exact) mass is 178 g/mol. The van der Waals surface area contributed by atoms with Crippen LogP contribution in [0.25, 0.3) is 0 Å². The van der Waals surface area contributed by atoms with E-state index in [2.05, 4.69) is 0 Å². The molecule has 0 radical (unpaired) electrons. The SMILES string of the molecule is CC(C)(N)c1ccc(C(N)=O)cc1. The van der Waals surface area contributed by atoms with Gasteiger partial charge >= 0.3 is 0 Å². The number of primary amides is 1. The molecule has 3 nitrogen and oxygen atoms in total. The van der Waals surface area contributed by atoms with Crippen molar-refractivity contribution in [2.24, 2.45) is 11.5 Å². The molecule has 0 saturated heterocycles. The number of carbonyl (C=O) groups excluding carboxylic acids is 1. The molecule has 4 N–H and O–H groups in total. The number of benzene rings is 1. The Kier molecular flexibility index (Phi) is 2.38. The van der Waals surface area contributed by atoms with E-state index in [1.54, 1.807) is 12.1 Å². The average Bonchev–Trinajstić information content (AvgIpc) is 2.03. The Hall–Kier alpha value is -1.35. The van der Waals surface area contributed by atoms with Gasteiger partial charge in [-0.15, -0.1) is 0 Å². The van der Waals surface area contributed by atoms with Gasteiger partial charge in [0.2, 0.25) is 5.91 Å². The molecule has 3 heteroatoms. The maximum absolute atomic E-state index is 10.8. The maximum atomic E-state index is 10.8. The molecule has 0 heterocycles. The first-order valence-corrected chi connectivity index (χ1v) is 4.10. The minimum Gasteiger partial charge on any atom is -0.366 e. The van der Waals surface area contributed by atoms with E-state index < -0.39 is 5.91 Å². The molecule has 0 saturated carbocycles. The molecule has 70 valence electrons. The fraction of sp³-hybridized carbons (Fsp3) is 0.300. The van der Waals surface area contributed by atoms with Crippen LogP contribution in [-0.2, 0) is 5.54 Å². The van der Waals surface area contributed by atoms with E-state index in [0.717, 1.165) is 5.56 Å². The van der Waals surface area contributed by atoms with E-state index in [-0.39, 0.29) is 5.54 Å². The van der Waals surface area contributed by atoms with E-state index in [1.165, 1.54) is 0 Å². The summed E-state index contributed by atoms with van der Waals surface area (Å²) in [4.78, 5) is 10.8. The van der Waals surface area contributed by atoms with Gasteiger partial charge in [-0.25, -0.2) is 0 Å². The minimum absolute atomic E-state index is 0.379. The second kappa shape index (κ2) is 3.18. The van der Waals surface area contributed by atoms with Gasteiger partial charge in [0.05, 0.1) is 0 Å². The molecule has 0 aliphatic rings. The van der Waals surface area contributed by atoms with Crippen molar-refractivity contribution in [1.82, 2.24) is 0 Å². The molecule has 1 amide bonds. The van der Waals surface area contributed by atoms with Crippen molar-refractivity contribution >= 4 is 5.91 Å². The van der Waals surface area contributed by atoms with Crippen LogP contribution in [0, 0.1) is 0 Å². The normalized spacial score (nSPS) is 11.3. The second-order valence-corrected chi connectivity index (χ2v) is 3.66. The minimum atomic E-state index is -0.415. The van der Waals surface area contributed by atoms with E-state index in [9.17, 15) is 4.79 Å². The molecule has 0 aliphatic heterocycles. The van der Waals surface area contributed by atoms with Crippen molar-refractivity contribution in [2.75, 3.05) is 0 Å². The second-order valence-electron chi connectivity index (χ2n) is 3.66. The lowest BCUT2D eigenvalue weighted by atomic mass is 9.95. The third kappa shape index (κ3) is 2.29. The van der Waals surface area contributed by atoms with E-state index in [1.807, 2.05) is 26.0 Å². The van der Waals surface area contributed by atoms with Crippen molar-refractivity contribution in [3.63, 3.8) is 0 Å². The zero-order valence-electron chi connectivity index (χ0n) is 7.87. The van der Waals surface area contributed by atoms with Gasteiger partial charge in [-0.1, -0.05) is 12.1 Å². The number of hydrogen-bond donors (Lipinski definition) is 2. The summed E-state index contributed by atoms with van der Waals surface area (Å²) in [5, 5.41) is 0. The molecule has 0 spiro atoms. The van der Waals surface area contributed by atoms with Gasteiger partial charge < -0.3 is 11.5 Å². The van der Waals surface area contributed by atoms with Crippen LogP contribution < -0.4 is 11.5 Å². The predicted octanol–water partition coefficient (Wildman–Crippen LogP) is 0.979. The van der Waals surface area contributed by atoms with Crippen LogP contribution in [-0.4, -0.2) is 5.91 Å². The highest BCUT2D eigenvalue weighted by molar-refractivity contribution is 5.92. The standard InChI is InChI=1S/C10H14N2O/c1-10(2,12)8-5-3-7(4-6-8)9(11)13/h3-6H,12H2,1-2H3,(H2,11,13). The first-order valence-electron chi connectivity index (χ1n) is 4.10. The van der Waals surface area contributed by atoms with Crippen LogP contribution in [0.15, 0.2) is 24.3 Å². The number of carbonyl (C=O) groups is 1. The molecule has 13 heavy (non-hydrogen) atoms. The van der Waals surface area contributed by atoms with Crippen molar-refractivity contribution in [1.29, 1.82) is 0 Å². The molecule has 0 unspecified atom stereocenters. The average molecular weight is 178 g/mol. The Morgan fingerprint density at radius 3 is 2.00 bits per heavy atom. The largest absolute Gasteiger partial charge is 0.366 e. The zero-order chi connectivity index (χ0) is 10.1. The van der Waals surface area contributed by atoms with Gasteiger partial charge in [-0.05, 0) is 31.5 Å². The van der Waals surface area contributed by atoms with Crippen LogP contribution >= 0.6 is 0 Å². The molecular weight excluding hydrogens is 164 g/mol. The number of nitrogens with two attached hydrogens (primary N) is 2. The molecule has 1 aromatic carbocycles. The van der Waals surface area contributed by atoms with Crippen LogP contribution in [0.1, 0.15) is 29.8 Å². The highest BCUT2D eigenvalue weighted by atomic mass is 16.1. The molecule has 1 rings (SSSR count). The number of amides is 1. The fourth-order valence-electron chi connectivity index (χ4n) is 1.06. The summed E-state index contributed by atoms with van der Waals surface area (Å²) in [5.74, 6) is -0.415. The molecule has 0 atom stereocenters. The molecule has 1 aromatic rings. The highest BCUT2D eigenvalue weighted by Crippen LogP contribution is 2.16. The van der Waals surface area contributed by atoms with Crippen LogP contribution in [0.3, 0.4) is 0 Å². The Morgan fingerprint density at radius 2 is 1.69 bits per heavy atom. The topological polar surface area (TPSA) is 69.1 Å². The van der Waals surface area contributed by atoms with Gasteiger partial charge in [0.15, 0.2) is 0 Å². The maximum Gasteiger partial charge on any atom is 0.248 e. The molecule has 0 fully saturated rings. The quantitative estimate of drug-likeness (QED) is 0.708. The lowest BCUT2D eigenvalue weighted by Gasteiger charge is -2.18. The first kappa shape index (κ1) is 9.74. The Morgan fingerprint density at radius 1 is 1.23 bits per heavy atom. The fourth-order valence-corrected chi connectivity index (χ4v) is 1.06. The van der Waals surface area contributed by atoms with E-state index in [4.69, 9.17) is 11.5 Å². The Labute approximate surface area is 77.7 Å². The lowest BCUT2D eigenvalue weighted by molar-refractivity contribution is 0.1000. The van der Waals surface area contributed by atoms with Crippen LogP contribution in [0.5, 0.6) is 0 Å². The lowest BCUT2D eigenvalue weighted by Crippen LogP contribution is -2.28. The van der Waals surface area contributed by atoms with Crippen molar-refractivity contribution < 1.29 is 4.79 Å². The van der Waals surface area contributed by atoms with Crippen LogP contribution in [0.4, 0.5) is 0 Å². The predicted molar refractivity (Wildman–Crippen MR) is 52.2 cm³/mol. The van der Waals surface area contributed by atoms with Gasteiger partial charge in [-0.3, -0.25) is 4.79 Å². The highest BCUT2D eigenvalue weighted by Gasteiger charge is 2.13. The number of rotatable bonds is 2. The summed E-state index contributed by atoms with van der Waals surface area (Å²) < 4.78 is 0. The summed E-state index contributed by atoms with van der Waals surface area (Å²) >= 11 is 0. The third-order valence-corrected chi connectivity index (χ3v) is 1.91. The van der Waals surface area contributed by atoms with E-state index >= 15 is 0 Å². The van der Waals surface area contributed by atoms with Crippen molar-refractivity contribution in [3.05, 3.63) is 35.4 Å². The zero-order valence-corrected chi connectivity index (χ0v) is 7.87. The van der Waals surface area contributed by atoms with Gasteiger partial charge in [-0.2, -0.15) is 0 Å². The summed E-state index contributed by atoms with van der Waals surface area (Å²) in [5.41, 5.74) is 12.1. The number of hydrogen-bond acceptors (Lipinski definition) is 2. The van der Waals surface area contributed by atoms with E-state index in [0.29, 0.717) is 5.56 Å². The van der Waals surface area contributed by atoms with Crippen LogP contribution in [0.2, 0.25) is 0 Å². The van der Waals surface area contributed by atoms with Gasteiger partial charge in [0.25, 0.3) is 0 Å². The van der Waals surface area contributed by atoms with Gasteiger partial charge in [0, 0.05) is 11.1 Å². The summed E-state index contributed by atoms with van der Waals surface area (Å²) in [6.07, 6.45) is 0. The summed E-state index contributed by atoms with van der Waals surface area (Å²) in [6, 6.07) is 7.01. The van der Waals surface area contributed by atoms with Gasteiger partial charge in [0.1, 0.15) is 0 Å². The van der Waals surface area contributed by atoms with Crippen molar-refractivity contribution in [2.45, 2.75) is 19.4 Å².